The summed E-state index contributed by atoms with van der Waals surface area (Å²) in [4.78, 5) is 26.3. The molecule has 2 bridgehead atoms. The van der Waals surface area contributed by atoms with Crippen molar-refractivity contribution in [1.82, 2.24) is 0 Å². The molecule has 2 N–H and O–H groups in total. The van der Waals surface area contributed by atoms with Crippen molar-refractivity contribution in [1.29, 1.82) is 0 Å². The van der Waals surface area contributed by atoms with Crippen molar-refractivity contribution in [3.05, 3.63) is 70.4 Å². The highest BCUT2D eigenvalue weighted by atomic mass is 16.6. The molecule has 1 aliphatic carbocycles. The minimum Gasteiger partial charge on any atom is -0.506 e. The van der Waals surface area contributed by atoms with E-state index >= 15 is 0 Å². The van der Waals surface area contributed by atoms with Gasteiger partial charge in [0.15, 0.2) is 11.5 Å². The van der Waals surface area contributed by atoms with Crippen molar-refractivity contribution in [3.63, 3.8) is 0 Å². The fraction of sp³-hybridized carbons (Fsp3) is 0.379. The van der Waals surface area contributed by atoms with Gasteiger partial charge in [-0.2, -0.15) is 0 Å². The Kier molecular flexibility index (Phi) is 4.49. The van der Waals surface area contributed by atoms with E-state index in [1.165, 1.54) is 5.57 Å². The number of fused-ring (bicyclic) bond motifs is 3. The Morgan fingerprint density at radius 3 is 2.86 bits per heavy atom. The van der Waals surface area contributed by atoms with E-state index in [1.807, 2.05) is 31.2 Å². The Morgan fingerprint density at radius 1 is 1.22 bits per heavy atom. The number of quaternary nitrogens is 1. The number of para-hydroxylation sites is 1. The van der Waals surface area contributed by atoms with Crippen LogP contribution in [0.2, 0.25) is 0 Å². The molecule has 5 aliphatic rings. The number of anilines is 1. The molecule has 7 heteroatoms. The fourth-order valence-corrected chi connectivity index (χ4v) is 7.78. The van der Waals surface area contributed by atoms with Crippen molar-refractivity contribution >= 4 is 17.8 Å². The quantitative estimate of drug-likeness (QED) is 0.226. The number of rotatable bonds is 4. The van der Waals surface area contributed by atoms with Crippen LogP contribution in [0.3, 0.4) is 0 Å². The summed E-state index contributed by atoms with van der Waals surface area (Å²) in [6.45, 7) is 4.99. The van der Waals surface area contributed by atoms with Crippen molar-refractivity contribution in [2.45, 2.75) is 31.2 Å². The van der Waals surface area contributed by atoms with Gasteiger partial charge in [-0.1, -0.05) is 18.2 Å². The maximum absolute atomic E-state index is 13.8. The Morgan fingerprint density at radius 2 is 2.06 bits per heavy atom. The fourth-order valence-electron chi connectivity index (χ4n) is 7.78. The van der Waals surface area contributed by atoms with Crippen LogP contribution in [0.15, 0.2) is 59.3 Å². The molecule has 2 aromatic rings. The van der Waals surface area contributed by atoms with Crippen LogP contribution in [-0.4, -0.2) is 60.5 Å². The molecule has 4 atom stereocenters. The third kappa shape index (κ3) is 2.66. The summed E-state index contributed by atoms with van der Waals surface area (Å²) < 4.78 is 12.0. The number of allylic oxidation sites excluding steroid dienone is 2. The number of piperidine rings is 1. The summed E-state index contributed by atoms with van der Waals surface area (Å²) in [5.41, 5.74) is 4.95. The molecule has 1 unspecified atom stereocenters. The Labute approximate surface area is 209 Å². The molecule has 36 heavy (non-hydrogen) atoms. The molecule has 184 valence electrons. The van der Waals surface area contributed by atoms with Gasteiger partial charge in [-0.05, 0) is 42.3 Å². The van der Waals surface area contributed by atoms with Gasteiger partial charge in [0.2, 0.25) is 5.78 Å². The predicted molar refractivity (Wildman–Crippen MR) is 133 cm³/mol. The second kappa shape index (κ2) is 7.46. The Hall–Kier alpha value is -3.58. The van der Waals surface area contributed by atoms with E-state index in [4.69, 9.17) is 9.47 Å². The standard InChI is InChI=1S/C29H28N2O5/c1-2-17-14-31(15-23(34)18-6-7-24-25(12-18)36-11-10-35-24)9-8-29-21-4-3-5-22(33)27(21)30-28(29)20(16-32)19(17)13-26(29)31/h2-7,12,16,19,26H,8-11,13-15H2,1H3,(H-,30,32,33)/p+1/b17-2-/t19-,26-,29+,31?/m0/s1. The van der Waals surface area contributed by atoms with E-state index in [9.17, 15) is 14.7 Å². The normalized spacial score (nSPS) is 32.1. The maximum Gasteiger partial charge on any atom is 0.217 e. The van der Waals surface area contributed by atoms with Crippen LogP contribution in [0.5, 0.6) is 17.2 Å². The SMILES string of the molecule is C/C=C1/C[N+]2(CC(=O)c3ccc4c(c3)OCCO4)CC[C@]34C(=C(C=O)[C@H]1C[C@@H]32)Nc1c(O)cccc14. The smallest absolute Gasteiger partial charge is 0.217 e. The van der Waals surface area contributed by atoms with E-state index in [0.717, 1.165) is 49.1 Å². The number of carbonyl (C=O) groups is 2. The summed E-state index contributed by atoms with van der Waals surface area (Å²) in [5.74, 6) is 1.64. The molecular formula is C29H29N2O5+. The number of phenolic OH excluding ortho intramolecular Hbond substituents is 1. The Bertz CT molecular complexity index is 1390. The number of aldehydes is 1. The molecular weight excluding hydrogens is 456 g/mol. The molecule has 0 amide bonds. The lowest BCUT2D eigenvalue weighted by atomic mass is 9.61. The van der Waals surface area contributed by atoms with Crippen molar-refractivity contribution < 1.29 is 28.7 Å². The lowest BCUT2D eigenvalue weighted by Gasteiger charge is -2.53. The first kappa shape index (κ1) is 21.7. The molecule has 2 aromatic carbocycles. The minimum absolute atomic E-state index is 0.0401. The number of Topliss-reactive ketones (excluding diaryl/α,β-unsaturated/α-hetero) is 1. The number of hydrogen-bond acceptors (Lipinski definition) is 6. The van der Waals surface area contributed by atoms with Gasteiger partial charge in [0.1, 0.15) is 44.4 Å². The summed E-state index contributed by atoms with van der Waals surface area (Å²) in [7, 11) is 0. The van der Waals surface area contributed by atoms with Crippen LogP contribution < -0.4 is 14.8 Å². The van der Waals surface area contributed by atoms with Crippen molar-refractivity contribution in [2.75, 3.05) is 38.2 Å². The zero-order valence-electron chi connectivity index (χ0n) is 20.3. The predicted octanol–water partition coefficient (Wildman–Crippen LogP) is 3.73. The number of hydrogen-bond donors (Lipinski definition) is 2. The number of ketones is 1. The van der Waals surface area contributed by atoms with Gasteiger partial charge in [0.05, 0.1) is 17.6 Å². The van der Waals surface area contributed by atoms with Gasteiger partial charge in [-0.25, -0.2) is 0 Å². The molecule has 7 rings (SSSR count). The van der Waals surface area contributed by atoms with Gasteiger partial charge in [-0.3, -0.25) is 9.59 Å². The van der Waals surface area contributed by atoms with Gasteiger partial charge in [0.25, 0.3) is 0 Å². The molecule has 2 saturated heterocycles. The zero-order chi connectivity index (χ0) is 24.7. The summed E-state index contributed by atoms with van der Waals surface area (Å²) >= 11 is 0. The number of carbonyl (C=O) groups excluding carboxylic acids is 2. The largest absolute Gasteiger partial charge is 0.506 e. The third-order valence-corrected chi connectivity index (χ3v) is 9.29. The second-order valence-electron chi connectivity index (χ2n) is 10.7. The number of aromatic hydroxyl groups is 1. The molecule has 0 saturated carbocycles. The van der Waals surface area contributed by atoms with Crippen LogP contribution in [0.25, 0.3) is 0 Å². The summed E-state index contributed by atoms with van der Waals surface area (Å²) in [6.07, 6.45) is 4.79. The maximum atomic E-state index is 13.8. The monoisotopic (exact) mass is 485 g/mol. The highest BCUT2D eigenvalue weighted by Crippen LogP contribution is 2.64. The van der Waals surface area contributed by atoms with Crippen LogP contribution in [0, 0.1) is 5.92 Å². The first-order valence-electron chi connectivity index (χ1n) is 12.7. The van der Waals surface area contributed by atoms with E-state index in [1.54, 1.807) is 6.07 Å². The Balaban J connectivity index is 1.34. The number of nitrogens with one attached hydrogen (secondary N) is 1. The average molecular weight is 486 g/mol. The van der Waals surface area contributed by atoms with Crippen LogP contribution in [-0.2, 0) is 10.2 Å². The van der Waals surface area contributed by atoms with E-state index in [0.29, 0.717) is 47.0 Å². The van der Waals surface area contributed by atoms with Crippen LogP contribution >= 0.6 is 0 Å². The number of nitrogens with zero attached hydrogens (tertiary/aromatic N) is 1. The lowest BCUT2D eigenvalue weighted by Crippen LogP contribution is -2.64. The summed E-state index contributed by atoms with van der Waals surface area (Å²) in [6, 6.07) is 11.3. The molecule has 0 radical (unpaired) electrons. The zero-order valence-corrected chi connectivity index (χ0v) is 20.3. The van der Waals surface area contributed by atoms with Gasteiger partial charge in [0, 0.05) is 35.6 Å². The van der Waals surface area contributed by atoms with E-state index in [-0.39, 0.29) is 23.5 Å². The number of phenols is 1. The number of benzene rings is 2. The van der Waals surface area contributed by atoms with Crippen LogP contribution in [0.4, 0.5) is 5.69 Å². The molecule has 4 heterocycles. The van der Waals surface area contributed by atoms with Crippen LogP contribution in [0.1, 0.15) is 35.7 Å². The average Bonchev–Trinajstić information content (AvgIpc) is 3.43. The second-order valence-corrected chi connectivity index (χ2v) is 10.7. The highest BCUT2D eigenvalue weighted by Gasteiger charge is 2.69. The topological polar surface area (TPSA) is 84.9 Å². The van der Waals surface area contributed by atoms with Gasteiger partial charge >= 0.3 is 0 Å². The third-order valence-electron chi connectivity index (χ3n) is 9.29. The van der Waals surface area contributed by atoms with Gasteiger partial charge in [-0.15, -0.1) is 0 Å². The molecule has 7 nitrogen and oxygen atoms in total. The van der Waals surface area contributed by atoms with E-state index < -0.39 is 5.41 Å². The molecule has 4 aliphatic heterocycles. The van der Waals surface area contributed by atoms with Gasteiger partial charge < -0.3 is 24.4 Å². The minimum atomic E-state index is -0.396. The first-order valence-corrected chi connectivity index (χ1v) is 12.7. The number of ether oxygens (including phenoxy) is 2. The first-order chi connectivity index (χ1) is 17.5. The summed E-state index contributed by atoms with van der Waals surface area (Å²) in [5, 5.41) is 14.2. The van der Waals surface area contributed by atoms with E-state index in [2.05, 4.69) is 17.5 Å². The molecule has 0 aromatic heterocycles. The van der Waals surface area contributed by atoms with Crippen molar-refractivity contribution in [2.24, 2.45) is 5.92 Å². The molecule has 1 spiro atoms. The highest BCUT2D eigenvalue weighted by molar-refractivity contribution is 5.98. The lowest BCUT2D eigenvalue weighted by molar-refractivity contribution is -0.934. The van der Waals surface area contributed by atoms with Crippen molar-refractivity contribution in [3.8, 4) is 17.2 Å². The molecule has 2 fully saturated rings.